The number of piperidine rings is 1. The van der Waals surface area contributed by atoms with Crippen molar-refractivity contribution < 1.29 is 26.7 Å². The Bertz CT molecular complexity index is 1010. The predicted octanol–water partition coefficient (Wildman–Crippen LogP) is 4.09. The SMILES string of the molecule is O=C(NCCc1ccc(OC(F)F)cc1)c1ccc(Cl)c(S(=O)(=O)N2CCCCC2)c1. The Labute approximate surface area is 185 Å². The molecular weight excluding hydrogens is 450 g/mol. The van der Waals surface area contributed by atoms with E-state index in [0.29, 0.717) is 19.5 Å². The predicted molar refractivity (Wildman–Crippen MR) is 113 cm³/mol. The quantitative estimate of drug-likeness (QED) is 0.628. The summed E-state index contributed by atoms with van der Waals surface area (Å²) in [6.45, 7) is -1.72. The van der Waals surface area contributed by atoms with Crippen LogP contribution in [-0.4, -0.2) is 44.9 Å². The highest BCUT2D eigenvalue weighted by atomic mass is 35.5. The van der Waals surface area contributed by atoms with Crippen LogP contribution < -0.4 is 10.1 Å². The highest BCUT2D eigenvalue weighted by molar-refractivity contribution is 7.89. The van der Waals surface area contributed by atoms with Crippen LogP contribution in [0.4, 0.5) is 8.78 Å². The van der Waals surface area contributed by atoms with Crippen molar-refractivity contribution in [3.63, 3.8) is 0 Å². The number of sulfonamides is 1. The molecule has 0 aromatic heterocycles. The van der Waals surface area contributed by atoms with Gasteiger partial charge in [0.2, 0.25) is 10.0 Å². The first kappa shape index (κ1) is 23.4. The number of hydrogen-bond donors (Lipinski definition) is 1. The molecule has 2 aromatic rings. The number of hydrogen-bond acceptors (Lipinski definition) is 4. The van der Waals surface area contributed by atoms with Crippen molar-refractivity contribution in [2.75, 3.05) is 19.6 Å². The van der Waals surface area contributed by atoms with E-state index in [-0.39, 0.29) is 27.8 Å². The molecule has 10 heteroatoms. The molecule has 31 heavy (non-hydrogen) atoms. The number of carbonyl (C=O) groups is 1. The molecule has 0 unspecified atom stereocenters. The number of nitrogens with one attached hydrogen (secondary N) is 1. The summed E-state index contributed by atoms with van der Waals surface area (Å²) in [5, 5.41) is 2.81. The van der Waals surface area contributed by atoms with Crippen LogP contribution in [0.2, 0.25) is 5.02 Å². The van der Waals surface area contributed by atoms with E-state index < -0.39 is 22.5 Å². The number of carbonyl (C=O) groups excluding carboxylic acids is 1. The number of benzene rings is 2. The maximum atomic E-state index is 12.9. The molecule has 168 valence electrons. The van der Waals surface area contributed by atoms with E-state index in [2.05, 4.69) is 10.1 Å². The van der Waals surface area contributed by atoms with Crippen LogP contribution in [-0.2, 0) is 16.4 Å². The van der Waals surface area contributed by atoms with E-state index in [1.807, 2.05) is 0 Å². The van der Waals surface area contributed by atoms with Crippen LogP contribution in [0, 0.1) is 0 Å². The summed E-state index contributed by atoms with van der Waals surface area (Å²) in [6, 6.07) is 10.3. The molecule has 1 aliphatic rings. The number of amides is 1. The lowest BCUT2D eigenvalue weighted by Gasteiger charge is -2.26. The zero-order valence-corrected chi connectivity index (χ0v) is 18.3. The molecule has 0 radical (unpaired) electrons. The Morgan fingerprint density at radius 2 is 1.77 bits per heavy atom. The third kappa shape index (κ3) is 6.15. The van der Waals surface area contributed by atoms with Gasteiger partial charge < -0.3 is 10.1 Å². The van der Waals surface area contributed by atoms with Gasteiger partial charge in [-0.25, -0.2) is 8.42 Å². The van der Waals surface area contributed by atoms with Gasteiger partial charge in [0, 0.05) is 25.2 Å². The molecule has 1 heterocycles. The topological polar surface area (TPSA) is 75.7 Å². The van der Waals surface area contributed by atoms with Gasteiger partial charge in [0.15, 0.2) is 0 Å². The number of halogens is 3. The summed E-state index contributed by atoms with van der Waals surface area (Å²) in [4.78, 5) is 12.4. The largest absolute Gasteiger partial charge is 0.435 e. The van der Waals surface area contributed by atoms with Crippen LogP contribution >= 0.6 is 11.6 Å². The lowest BCUT2D eigenvalue weighted by Crippen LogP contribution is -2.36. The average Bonchev–Trinajstić information content (AvgIpc) is 2.75. The summed E-state index contributed by atoms with van der Waals surface area (Å²) in [5.41, 5.74) is 1.02. The van der Waals surface area contributed by atoms with Crippen molar-refractivity contribution in [1.82, 2.24) is 9.62 Å². The molecule has 1 amide bonds. The Balaban J connectivity index is 1.62. The molecule has 1 fully saturated rings. The summed E-state index contributed by atoms with van der Waals surface area (Å²) in [5.74, 6) is -0.365. The van der Waals surface area contributed by atoms with Crippen LogP contribution in [0.1, 0.15) is 35.2 Å². The van der Waals surface area contributed by atoms with Gasteiger partial charge in [-0.2, -0.15) is 13.1 Å². The first-order valence-corrected chi connectivity index (χ1v) is 11.7. The van der Waals surface area contributed by atoms with Crippen molar-refractivity contribution >= 4 is 27.5 Å². The fraction of sp³-hybridized carbons (Fsp3) is 0.381. The van der Waals surface area contributed by atoms with Gasteiger partial charge in [-0.3, -0.25) is 4.79 Å². The molecule has 1 saturated heterocycles. The molecule has 1 aliphatic heterocycles. The Hall–Kier alpha value is -2.23. The fourth-order valence-corrected chi connectivity index (χ4v) is 5.36. The standard InChI is InChI=1S/C21H23ClF2N2O4S/c22-18-9-6-16(14-19(18)31(28,29)26-12-2-1-3-13-26)20(27)25-11-10-15-4-7-17(8-5-15)30-21(23)24/h4-9,14,21H,1-3,10-13H2,(H,25,27). The van der Waals surface area contributed by atoms with E-state index >= 15 is 0 Å². The third-order valence-corrected chi connectivity index (χ3v) is 7.35. The molecule has 2 aromatic carbocycles. The number of nitrogens with zero attached hydrogens (tertiary/aromatic N) is 1. The molecule has 0 spiro atoms. The molecule has 3 rings (SSSR count). The molecule has 0 atom stereocenters. The minimum atomic E-state index is -3.77. The second-order valence-corrected chi connectivity index (χ2v) is 9.45. The maximum Gasteiger partial charge on any atom is 0.387 e. The minimum Gasteiger partial charge on any atom is -0.435 e. The van der Waals surface area contributed by atoms with E-state index in [4.69, 9.17) is 11.6 Å². The van der Waals surface area contributed by atoms with Gasteiger partial charge in [0.25, 0.3) is 5.91 Å². The molecule has 0 aliphatic carbocycles. The van der Waals surface area contributed by atoms with Crippen molar-refractivity contribution in [2.24, 2.45) is 0 Å². The van der Waals surface area contributed by atoms with Gasteiger partial charge in [0.05, 0.1) is 5.02 Å². The van der Waals surface area contributed by atoms with E-state index in [9.17, 15) is 22.0 Å². The van der Waals surface area contributed by atoms with Crippen molar-refractivity contribution in [1.29, 1.82) is 0 Å². The Morgan fingerprint density at radius 3 is 2.42 bits per heavy atom. The van der Waals surface area contributed by atoms with Crippen LogP contribution in [0.5, 0.6) is 5.75 Å². The van der Waals surface area contributed by atoms with Gasteiger partial charge in [0.1, 0.15) is 10.6 Å². The first-order valence-electron chi connectivity index (χ1n) is 9.89. The molecule has 0 bridgehead atoms. The summed E-state index contributed by atoms with van der Waals surface area (Å²) in [7, 11) is -3.77. The minimum absolute atomic E-state index is 0.0615. The maximum absolute atomic E-state index is 12.9. The second-order valence-electron chi connectivity index (χ2n) is 7.14. The van der Waals surface area contributed by atoms with Crippen LogP contribution in [0.3, 0.4) is 0 Å². The highest BCUT2D eigenvalue weighted by Gasteiger charge is 2.28. The molecular formula is C21H23ClF2N2O4S. The van der Waals surface area contributed by atoms with Gasteiger partial charge in [-0.15, -0.1) is 0 Å². The summed E-state index contributed by atoms with van der Waals surface area (Å²) in [6.07, 6.45) is 3.05. The molecule has 0 saturated carbocycles. The second kappa shape index (κ2) is 10.4. The zero-order valence-electron chi connectivity index (χ0n) is 16.7. The zero-order chi connectivity index (χ0) is 22.4. The number of rotatable bonds is 8. The fourth-order valence-electron chi connectivity index (χ4n) is 3.35. The lowest BCUT2D eigenvalue weighted by atomic mass is 10.1. The van der Waals surface area contributed by atoms with E-state index in [0.717, 1.165) is 24.8 Å². The average molecular weight is 473 g/mol. The Kier molecular flexibility index (Phi) is 7.85. The monoisotopic (exact) mass is 472 g/mol. The van der Waals surface area contributed by atoms with Gasteiger partial charge in [-0.1, -0.05) is 30.2 Å². The van der Waals surface area contributed by atoms with Crippen molar-refractivity contribution in [2.45, 2.75) is 37.2 Å². The van der Waals surface area contributed by atoms with Gasteiger partial charge >= 0.3 is 6.61 Å². The van der Waals surface area contributed by atoms with E-state index in [1.54, 1.807) is 12.1 Å². The lowest BCUT2D eigenvalue weighted by molar-refractivity contribution is -0.0498. The van der Waals surface area contributed by atoms with Crippen molar-refractivity contribution in [3.8, 4) is 5.75 Å². The Morgan fingerprint density at radius 1 is 1.10 bits per heavy atom. The van der Waals surface area contributed by atoms with E-state index in [1.165, 1.54) is 34.6 Å². The smallest absolute Gasteiger partial charge is 0.387 e. The third-order valence-electron chi connectivity index (χ3n) is 4.97. The summed E-state index contributed by atoms with van der Waals surface area (Å²) < 4.78 is 55.9. The number of alkyl halides is 2. The van der Waals surface area contributed by atoms with Crippen LogP contribution in [0.25, 0.3) is 0 Å². The molecule has 1 N–H and O–H groups in total. The molecule has 6 nitrogen and oxygen atoms in total. The van der Waals surface area contributed by atoms with Crippen molar-refractivity contribution in [3.05, 3.63) is 58.6 Å². The van der Waals surface area contributed by atoms with Gasteiger partial charge in [-0.05, 0) is 55.2 Å². The summed E-state index contributed by atoms with van der Waals surface area (Å²) >= 11 is 6.14. The normalized spacial score (nSPS) is 15.1. The van der Waals surface area contributed by atoms with Crippen LogP contribution in [0.15, 0.2) is 47.4 Å². The first-order chi connectivity index (χ1) is 14.8. The number of ether oxygens (including phenoxy) is 1. The highest BCUT2D eigenvalue weighted by Crippen LogP contribution is 2.28.